The molecule has 1 saturated carbocycles. The molecule has 3 N–H and O–H groups in total. The van der Waals surface area contributed by atoms with Crippen LogP contribution in [0.1, 0.15) is 37.3 Å². The van der Waals surface area contributed by atoms with Gasteiger partial charge < -0.3 is 15.4 Å². The molecule has 1 spiro atoms. The first-order valence-electron chi connectivity index (χ1n) is 9.10. The number of carbonyl (C=O) groups is 1. The largest absolute Gasteiger partial charge is 0.487 e. The SMILES string of the molecule is O=C(Nc1cccc2[nH]ncc12)NC1CC2(CCC2)Oc2cc(F)ccc21. The van der Waals surface area contributed by atoms with Gasteiger partial charge in [0.1, 0.15) is 17.2 Å². The third-order valence-electron chi connectivity index (χ3n) is 5.56. The van der Waals surface area contributed by atoms with Crippen LogP contribution in [0, 0.1) is 5.82 Å². The van der Waals surface area contributed by atoms with Crippen molar-refractivity contribution < 1.29 is 13.9 Å². The summed E-state index contributed by atoms with van der Waals surface area (Å²) in [6.07, 6.45) is 5.32. The lowest BCUT2D eigenvalue weighted by Crippen LogP contribution is -2.50. The molecule has 0 bridgehead atoms. The van der Waals surface area contributed by atoms with Crippen LogP contribution in [-0.2, 0) is 0 Å². The van der Waals surface area contributed by atoms with Gasteiger partial charge in [0.05, 0.1) is 23.4 Å². The molecule has 3 aromatic rings. The number of halogens is 1. The number of fused-ring (bicyclic) bond motifs is 2. The molecule has 27 heavy (non-hydrogen) atoms. The first-order chi connectivity index (χ1) is 13.1. The molecule has 1 unspecified atom stereocenters. The number of benzene rings is 2. The minimum absolute atomic E-state index is 0.224. The van der Waals surface area contributed by atoms with Gasteiger partial charge in [-0.1, -0.05) is 12.1 Å². The predicted molar refractivity (Wildman–Crippen MR) is 99.2 cm³/mol. The van der Waals surface area contributed by atoms with E-state index >= 15 is 0 Å². The van der Waals surface area contributed by atoms with E-state index in [-0.39, 0.29) is 23.5 Å². The molecule has 6 nitrogen and oxygen atoms in total. The number of aromatic amines is 1. The first kappa shape index (κ1) is 16.1. The zero-order chi connectivity index (χ0) is 18.4. The Kier molecular flexibility index (Phi) is 3.56. The fourth-order valence-electron chi connectivity index (χ4n) is 4.04. The van der Waals surface area contributed by atoms with Crippen LogP contribution < -0.4 is 15.4 Å². The number of urea groups is 1. The number of carbonyl (C=O) groups excluding carboxylic acids is 1. The van der Waals surface area contributed by atoms with Crippen molar-refractivity contribution in [3.8, 4) is 5.75 Å². The second-order valence-corrected chi connectivity index (χ2v) is 7.31. The fraction of sp³-hybridized carbons (Fsp3) is 0.300. The van der Waals surface area contributed by atoms with Gasteiger partial charge in [-0.2, -0.15) is 5.10 Å². The highest BCUT2D eigenvalue weighted by Gasteiger charge is 2.46. The number of anilines is 1. The van der Waals surface area contributed by atoms with Crippen LogP contribution >= 0.6 is 0 Å². The Balaban J connectivity index is 1.39. The number of ether oxygens (including phenoxy) is 1. The van der Waals surface area contributed by atoms with Gasteiger partial charge in [-0.05, 0) is 37.5 Å². The highest BCUT2D eigenvalue weighted by Crippen LogP contribution is 2.48. The molecule has 7 heteroatoms. The highest BCUT2D eigenvalue weighted by molar-refractivity contribution is 6.00. The van der Waals surface area contributed by atoms with Crippen LogP contribution in [-0.4, -0.2) is 21.8 Å². The Labute approximate surface area is 155 Å². The van der Waals surface area contributed by atoms with Gasteiger partial charge in [0.2, 0.25) is 0 Å². The molecule has 0 radical (unpaired) electrons. The zero-order valence-electron chi connectivity index (χ0n) is 14.6. The summed E-state index contributed by atoms with van der Waals surface area (Å²) in [6.45, 7) is 0. The predicted octanol–water partition coefficient (Wildman–Crippen LogP) is 4.27. The van der Waals surface area contributed by atoms with E-state index in [1.807, 2.05) is 18.2 Å². The van der Waals surface area contributed by atoms with Crippen LogP contribution in [0.15, 0.2) is 42.6 Å². The van der Waals surface area contributed by atoms with Gasteiger partial charge in [-0.15, -0.1) is 0 Å². The minimum atomic E-state index is -0.333. The van der Waals surface area contributed by atoms with Crippen molar-refractivity contribution in [1.82, 2.24) is 15.5 Å². The second-order valence-electron chi connectivity index (χ2n) is 7.31. The number of hydrogen-bond acceptors (Lipinski definition) is 3. The Morgan fingerprint density at radius 3 is 3.00 bits per heavy atom. The van der Waals surface area contributed by atoms with E-state index in [9.17, 15) is 9.18 Å². The van der Waals surface area contributed by atoms with Gasteiger partial charge in [0.15, 0.2) is 0 Å². The van der Waals surface area contributed by atoms with Crippen LogP contribution in [0.3, 0.4) is 0 Å². The van der Waals surface area contributed by atoms with E-state index in [0.717, 1.165) is 35.7 Å². The number of amides is 2. The third-order valence-corrected chi connectivity index (χ3v) is 5.56. The van der Waals surface area contributed by atoms with Crippen molar-refractivity contribution >= 4 is 22.6 Å². The third kappa shape index (κ3) is 2.79. The van der Waals surface area contributed by atoms with E-state index in [1.54, 1.807) is 12.3 Å². The number of H-pyrrole nitrogens is 1. The van der Waals surface area contributed by atoms with Gasteiger partial charge in [-0.3, -0.25) is 5.10 Å². The van der Waals surface area contributed by atoms with Crippen LogP contribution in [0.2, 0.25) is 0 Å². The fourth-order valence-corrected chi connectivity index (χ4v) is 4.04. The average molecular weight is 366 g/mol. The highest BCUT2D eigenvalue weighted by atomic mass is 19.1. The molecular weight excluding hydrogens is 347 g/mol. The second kappa shape index (κ2) is 5.97. The van der Waals surface area contributed by atoms with Crippen LogP contribution in [0.4, 0.5) is 14.9 Å². The summed E-state index contributed by atoms with van der Waals surface area (Å²) >= 11 is 0. The zero-order valence-corrected chi connectivity index (χ0v) is 14.6. The Morgan fingerprint density at radius 1 is 1.30 bits per heavy atom. The summed E-state index contributed by atoms with van der Waals surface area (Å²) in [5, 5.41) is 13.7. The van der Waals surface area contributed by atoms with Crippen molar-refractivity contribution in [2.75, 3.05) is 5.32 Å². The molecule has 2 amide bonds. The molecular formula is C20H19FN4O2. The summed E-state index contributed by atoms with van der Waals surface area (Å²) in [5.74, 6) is 0.197. The number of rotatable bonds is 2. The summed E-state index contributed by atoms with van der Waals surface area (Å²) in [4.78, 5) is 12.7. The van der Waals surface area contributed by atoms with Crippen molar-refractivity contribution in [2.24, 2.45) is 0 Å². The van der Waals surface area contributed by atoms with E-state index in [2.05, 4.69) is 20.8 Å². The van der Waals surface area contributed by atoms with Crippen LogP contribution in [0.5, 0.6) is 5.75 Å². The lowest BCUT2D eigenvalue weighted by Gasteiger charge is -2.48. The summed E-state index contributed by atoms with van der Waals surface area (Å²) in [7, 11) is 0. The normalized spacial score (nSPS) is 19.8. The molecule has 1 atom stereocenters. The topological polar surface area (TPSA) is 79.0 Å². The van der Waals surface area contributed by atoms with E-state index in [1.165, 1.54) is 12.1 Å². The quantitative estimate of drug-likeness (QED) is 0.634. The number of hydrogen-bond donors (Lipinski definition) is 3. The lowest BCUT2D eigenvalue weighted by molar-refractivity contribution is -0.0356. The molecule has 5 rings (SSSR count). The molecule has 2 aromatic carbocycles. The first-order valence-corrected chi connectivity index (χ1v) is 9.10. The maximum atomic E-state index is 13.7. The molecule has 2 aliphatic rings. The Morgan fingerprint density at radius 2 is 2.19 bits per heavy atom. The van der Waals surface area contributed by atoms with Crippen molar-refractivity contribution in [3.05, 3.63) is 54.0 Å². The number of nitrogens with zero attached hydrogens (tertiary/aromatic N) is 1. The summed E-state index contributed by atoms with van der Waals surface area (Å²) in [5.41, 5.74) is 2.06. The van der Waals surface area contributed by atoms with Crippen LogP contribution in [0.25, 0.3) is 10.9 Å². The van der Waals surface area contributed by atoms with Gasteiger partial charge in [0, 0.05) is 23.4 Å². The molecule has 2 heterocycles. The Bertz CT molecular complexity index is 1030. The summed E-state index contributed by atoms with van der Waals surface area (Å²) < 4.78 is 19.8. The number of nitrogens with one attached hydrogen (secondary N) is 3. The maximum Gasteiger partial charge on any atom is 0.319 e. The minimum Gasteiger partial charge on any atom is -0.487 e. The lowest BCUT2D eigenvalue weighted by atomic mass is 9.73. The standard InChI is InChI=1S/C20H19FN4O2/c21-12-5-6-13-17(10-20(7-2-8-20)27-18(13)9-12)24-19(26)23-15-3-1-4-16-14(15)11-22-25-16/h1,3-6,9,11,17H,2,7-8,10H2,(H,22,25)(H2,23,24,26). The smallest absolute Gasteiger partial charge is 0.319 e. The Hall–Kier alpha value is -3.09. The maximum absolute atomic E-state index is 13.7. The van der Waals surface area contributed by atoms with E-state index < -0.39 is 0 Å². The van der Waals surface area contributed by atoms with Crippen molar-refractivity contribution in [1.29, 1.82) is 0 Å². The van der Waals surface area contributed by atoms with Crippen molar-refractivity contribution in [2.45, 2.75) is 37.3 Å². The molecule has 1 aliphatic heterocycles. The van der Waals surface area contributed by atoms with Crippen molar-refractivity contribution in [3.63, 3.8) is 0 Å². The van der Waals surface area contributed by atoms with Gasteiger partial charge in [0.25, 0.3) is 0 Å². The monoisotopic (exact) mass is 366 g/mol. The molecule has 1 aliphatic carbocycles. The molecule has 1 aromatic heterocycles. The summed E-state index contributed by atoms with van der Waals surface area (Å²) in [6, 6.07) is 9.56. The van der Waals surface area contributed by atoms with E-state index in [0.29, 0.717) is 17.9 Å². The van der Waals surface area contributed by atoms with Gasteiger partial charge >= 0.3 is 6.03 Å². The molecule has 1 fully saturated rings. The molecule has 138 valence electrons. The molecule has 0 saturated heterocycles. The average Bonchev–Trinajstić information content (AvgIpc) is 3.09. The number of aromatic nitrogens is 2. The van der Waals surface area contributed by atoms with Gasteiger partial charge in [-0.25, -0.2) is 9.18 Å². The van der Waals surface area contributed by atoms with E-state index in [4.69, 9.17) is 4.74 Å².